The maximum atomic E-state index is 12.4. The fourth-order valence-corrected chi connectivity index (χ4v) is 2.66. The van der Waals surface area contributed by atoms with Gasteiger partial charge in [-0.05, 0) is 24.3 Å². The van der Waals surface area contributed by atoms with Gasteiger partial charge in [-0.25, -0.2) is 0 Å². The highest BCUT2D eigenvalue weighted by Crippen LogP contribution is 2.23. The summed E-state index contributed by atoms with van der Waals surface area (Å²) in [4.78, 5) is 18.4. The number of amides is 1. The summed E-state index contributed by atoms with van der Waals surface area (Å²) in [5.41, 5.74) is 0.607. The molecule has 1 aliphatic rings. The molecular weight excluding hydrogens is 228 g/mol. The van der Waals surface area contributed by atoms with Crippen molar-refractivity contribution in [1.29, 1.82) is 0 Å². The molecule has 0 spiro atoms. The molecule has 1 amide bonds. The topological polar surface area (TPSA) is 42.4 Å². The summed E-state index contributed by atoms with van der Waals surface area (Å²) >= 11 is 0. The van der Waals surface area contributed by atoms with Crippen molar-refractivity contribution in [3.05, 3.63) is 24.0 Å². The number of ether oxygens (including phenoxy) is 1. The summed E-state index contributed by atoms with van der Waals surface area (Å²) in [5.74, 6) is 1.81. The molecule has 0 bridgehead atoms. The Morgan fingerprint density at radius 1 is 1.33 bits per heavy atom. The van der Waals surface area contributed by atoms with Crippen molar-refractivity contribution < 1.29 is 9.53 Å². The van der Waals surface area contributed by atoms with Crippen LogP contribution in [0.25, 0.3) is 0 Å². The molecule has 4 nitrogen and oxygen atoms in total. The van der Waals surface area contributed by atoms with Crippen molar-refractivity contribution in [3.8, 4) is 5.75 Å². The lowest BCUT2D eigenvalue weighted by molar-refractivity contribution is 0.0622. The van der Waals surface area contributed by atoms with E-state index < -0.39 is 0 Å². The average molecular weight is 248 g/mol. The van der Waals surface area contributed by atoms with Gasteiger partial charge in [0.2, 0.25) is 0 Å². The number of hydrogen-bond donors (Lipinski definition) is 0. The second-order valence-electron chi connectivity index (χ2n) is 5.27. The Hall–Kier alpha value is -1.58. The maximum absolute atomic E-state index is 12.4. The number of piperidine rings is 1. The molecule has 1 aromatic rings. The van der Waals surface area contributed by atoms with E-state index >= 15 is 0 Å². The van der Waals surface area contributed by atoms with Gasteiger partial charge in [0.15, 0.2) is 0 Å². The zero-order valence-electron chi connectivity index (χ0n) is 11.2. The molecule has 2 atom stereocenters. The minimum Gasteiger partial charge on any atom is -0.495 e. The summed E-state index contributed by atoms with van der Waals surface area (Å²) in [7, 11) is 1.58. The fraction of sp³-hybridized carbons (Fsp3) is 0.571. The van der Waals surface area contributed by atoms with Gasteiger partial charge >= 0.3 is 0 Å². The predicted octanol–water partition coefficient (Wildman–Crippen LogP) is 2.21. The summed E-state index contributed by atoms with van der Waals surface area (Å²) in [6.07, 6.45) is 4.41. The van der Waals surface area contributed by atoms with E-state index in [1.165, 1.54) is 6.42 Å². The average Bonchev–Trinajstić information content (AvgIpc) is 2.37. The van der Waals surface area contributed by atoms with Gasteiger partial charge in [-0.1, -0.05) is 13.8 Å². The van der Waals surface area contributed by atoms with Crippen LogP contribution in [0.3, 0.4) is 0 Å². The minimum atomic E-state index is 0.0554. The Morgan fingerprint density at radius 3 is 2.61 bits per heavy atom. The lowest BCUT2D eigenvalue weighted by Gasteiger charge is -2.35. The molecule has 2 heterocycles. The molecule has 0 unspecified atom stereocenters. The summed E-state index contributed by atoms with van der Waals surface area (Å²) in [6.45, 7) is 6.06. The third-order valence-corrected chi connectivity index (χ3v) is 3.35. The van der Waals surface area contributed by atoms with Crippen LogP contribution in [0.1, 0.15) is 30.6 Å². The van der Waals surface area contributed by atoms with Crippen LogP contribution in [0.15, 0.2) is 18.5 Å². The van der Waals surface area contributed by atoms with Gasteiger partial charge in [0.25, 0.3) is 5.91 Å². The fourth-order valence-electron chi connectivity index (χ4n) is 2.66. The molecule has 0 aliphatic carbocycles. The molecule has 0 N–H and O–H groups in total. The first-order valence-electron chi connectivity index (χ1n) is 6.38. The van der Waals surface area contributed by atoms with Crippen molar-refractivity contribution in [2.45, 2.75) is 20.3 Å². The number of rotatable bonds is 2. The Kier molecular flexibility index (Phi) is 3.84. The van der Waals surface area contributed by atoms with Gasteiger partial charge in [0, 0.05) is 19.3 Å². The Labute approximate surface area is 108 Å². The van der Waals surface area contributed by atoms with Gasteiger partial charge in [-0.15, -0.1) is 0 Å². The first-order chi connectivity index (χ1) is 8.60. The van der Waals surface area contributed by atoms with Gasteiger partial charge in [-0.2, -0.15) is 0 Å². The van der Waals surface area contributed by atoms with Gasteiger partial charge < -0.3 is 9.64 Å². The highest BCUT2D eigenvalue weighted by atomic mass is 16.5. The van der Waals surface area contributed by atoms with Crippen molar-refractivity contribution in [2.24, 2.45) is 11.8 Å². The summed E-state index contributed by atoms with van der Waals surface area (Å²) in [6, 6.07) is 1.75. The Morgan fingerprint density at radius 2 is 2.00 bits per heavy atom. The van der Waals surface area contributed by atoms with Crippen LogP contribution in [-0.4, -0.2) is 36.0 Å². The summed E-state index contributed by atoms with van der Waals surface area (Å²) in [5, 5.41) is 0. The maximum Gasteiger partial charge on any atom is 0.255 e. The molecule has 2 rings (SSSR count). The van der Waals surface area contributed by atoms with E-state index in [1.54, 1.807) is 25.6 Å². The van der Waals surface area contributed by atoms with Crippen molar-refractivity contribution in [2.75, 3.05) is 20.2 Å². The predicted molar refractivity (Wildman–Crippen MR) is 69.6 cm³/mol. The molecule has 1 saturated heterocycles. The smallest absolute Gasteiger partial charge is 0.255 e. The van der Waals surface area contributed by atoms with Crippen LogP contribution in [0.5, 0.6) is 5.75 Å². The number of pyridine rings is 1. The molecule has 0 radical (unpaired) electrons. The third kappa shape index (κ3) is 2.81. The van der Waals surface area contributed by atoms with Crippen LogP contribution < -0.4 is 4.74 Å². The first-order valence-corrected chi connectivity index (χ1v) is 6.38. The molecular formula is C14H20N2O2. The van der Waals surface area contributed by atoms with E-state index in [1.807, 2.05) is 4.90 Å². The zero-order valence-corrected chi connectivity index (χ0v) is 11.2. The second-order valence-corrected chi connectivity index (χ2v) is 5.27. The molecule has 4 heteroatoms. The molecule has 1 fully saturated rings. The van der Waals surface area contributed by atoms with Crippen LogP contribution in [-0.2, 0) is 0 Å². The van der Waals surface area contributed by atoms with E-state index in [2.05, 4.69) is 18.8 Å². The number of carbonyl (C=O) groups excluding carboxylic acids is 1. The number of carbonyl (C=O) groups is 1. The van der Waals surface area contributed by atoms with Gasteiger partial charge in [0.05, 0.1) is 18.9 Å². The van der Waals surface area contributed by atoms with E-state index in [0.717, 1.165) is 13.1 Å². The minimum absolute atomic E-state index is 0.0554. The van der Waals surface area contributed by atoms with E-state index in [4.69, 9.17) is 4.74 Å². The molecule has 1 aliphatic heterocycles. The standard InChI is InChI=1S/C14H20N2O2/c1-10-4-11(2)9-16(8-10)14(17)12-5-13(18-3)7-15-6-12/h5-7,10-11H,4,8-9H2,1-3H3/t10-,11-/m1/s1. The molecule has 1 aromatic heterocycles. The number of aromatic nitrogens is 1. The van der Waals surface area contributed by atoms with Crippen LogP contribution in [0, 0.1) is 11.8 Å². The number of methoxy groups -OCH3 is 1. The highest BCUT2D eigenvalue weighted by molar-refractivity contribution is 5.94. The van der Waals surface area contributed by atoms with E-state index in [0.29, 0.717) is 23.1 Å². The monoisotopic (exact) mass is 248 g/mol. The number of nitrogens with zero attached hydrogens (tertiary/aromatic N) is 2. The molecule has 0 saturated carbocycles. The van der Waals surface area contributed by atoms with Crippen molar-refractivity contribution >= 4 is 5.91 Å². The van der Waals surface area contributed by atoms with Crippen molar-refractivity contribution in [1.82, 2.24) is 9.88 Å². The van der Waals surface area contributed by atoms with E-state index in [9.17, 15) is 4.79 Å². The highest BCUT2D eigenvalue weighted by Gasteiger charge is 2.26. The second kappa shape index (κ2) is 5.38. The van der Waals surface area contributed by atoms with Crippen molar-refractivity contribution in [3.63, 3.8) is 0 Å². The molecule has 0 aromatic carbocycles. The number of hydrogen-bond acceptors (Lipinski definition) is 3. The van der Waals surface area contributed by atoms with E-state index in [-0.39, 0.29) is 5.91 Å². The van der Waals surface area contributed by atoms with Crippen LogP contribution in [0.2, 0.25) is 0 Å². The van der Waals surface area contributed by atoms with Crippen LogP contribution >= 0.6 is 0 Å². The lowest BCUT2D eigenvalue weighted by Crippen LogP contribution is -2.42. The largest absolute Gasteiger partial charge is 0.495 e. The summed E-state index contributed by atoms with van der Waals surface area (Å²) < 4.78 is 5.10. The van der Waals surface area contributed by atoms with Crippen LogP contribution in [0.4, 0.5) is 0 Å². The first kappa shape index (κ1) is 12.9. The van der Waals surface area contributed by atoms with Gasteiger partial charge in [0.1, 0.15) is 5.75 Å². The Bertz CT molecular complexity index is 424. The third-order valence-electron chi connectivity index (χ3n) is 3.35. The molecule has 18 heavy (non-hydrogen) atoms. The number of likely N-dealkylation sites (tertiary alicyclic amines) is 1. The zero-order chi connectivity index (χ0) is 13.1. The SMILES string of the molecule is COc1cncc(C(=O)N2C[C@H](C)C[C@@H](C)C2)c1. The Balaban J connectivity index is 2.14. The van der Waals surface area contributed by atoms with Gasteiger partial charge in [-0.3, -0.25) is 9.78 Å². The normalized spacial score (nSPS) is 23.8. The lowest BCUT2D eigenvalue weighted by atomic mass is 9.91. The molecule has 98 valence electrons. The quantitative estimate of drug-likeness (QED) is 0.806.